The highest BCUT2D eigenvalue weighted by atomic mass is 16.3. The molecule has 0 saturated carbocycles. The summed E-state index contributed by atoms with van der Waals surface area (Å²) >= 11 is 0. The molecule has 0 aliphatic carbocycles. The van der Waals surface area contributed by atoms with Crippen LogP contribution in [-0.2, 0) is 0 Å². The molecule has 7 nitrogen and oxygen atoms in total. The van der Waals surface area contributed by atoms with E-state index in [0.29, 0.717) is 17.9 Å². The highest BCUT2D eigenvalue weighted by Gasteiger charge is 2.21. The molecule has 4 N–H and O–H groups in total. The Kier molecular flexibility index (Phi) is 6.14. The number of nitrogens with zero attached hydrogens (tertiary/aromatic N) is 3. The van der Waals surface area contributed by atoms with Crippen molar-refractivity contribution in [2.24, 2.45) is 0 Å². The Morgan fingerprint density at radius 3 is 2.81 bits per heavy atom. The van der Waals surface area contributed by atoms with Gasteiger partial charge in [0.15, 0.2) is 0 Å². The van der Waals surface area contributed by atoms with Crippen LogP contribution in [0.25, 0.3) is 11.3 Å². The molecule has 1 aromatic carbocycles. The van der Waals surface area contributed by atoms with Crippen LogP contribution in [0.1, 0.15) is 29.6 Å². The van der Waals surface area contributed by atoms with E-state index in [0.717, 1.165) is 37.2 Å². The number of nitrogens with one attached hydrogen (secondary N) is 1. The molecule has 0 bridgehead atoms. The topological polar surface area (TPSA) is 104 Å². The molecule has 1 unspecified atom stereocenters. The molecule has 0 radical (unpaired) electrons. The normalized spacial score (nSPS) is 17.8. The van der Waals surface area contributed by atoms with E-state index in [-0.39, 0.29) is 18.6 Å². The van der Waals surface area contributed by atoms with Crippen LogP contribution in [0.2, 0.25) is 0 Å². The van der Waals surface area contributed by atoms with Gasteiger partial charge in [0.05, 0.1) is 12.3 Å². The number of likely N-dealkylation sites (tertiary alicyclic amines) is 1. The number of nitrogens with two attached hydrogens (primary N) is 1. The van der Waals surface area contributed by atoms with Crippen molar-refractivity contribution in [2.45, 2.75) is 25.3 Å². The van der Waals surface area contributed by atoms with Gasteiger partial charge in [-0.1, -0.05) is 18.6 Å². The number of aliphatic hydroxyl groups excluding tert-OH is 1. The van der Waals surface area contributed by atoms with Gasteiger partial charge in [-0.2, -0.15) is 0 Å². The van der Waals surface area contributed by atoms with Gasteiger partial charge in [-0.05, 0) is 31.5 Å². The Balaban J connectivity index is 1.53. The molecule has 1 amide bonds. The lowest BCUT2D eigenvalue weighted by molar-refractivity contribution is 0.0849. The summed E-state index contributed by atoms with van der Waals surface area (Å²) in [7, 11) is 0. The largest absolute Gasteiger partial charge is 0.395 e. The summed E-state index contributed by atoms with van der Waals surface area (Å²) in [5, 5.41) is 12.4. The number of benzene rings is 1. The summed E-state index contributed by atoms with van der Waals surface area (Å²) < 4.78 is 0. The maximum absolute atomic E-state index is 12.3. The van der Waals surface area contributed by atoms with Crippen LogP contribution >= 0.6 is 0 Å². The Bertz CT molecular complexity index is 735. The van der Waals surface area contributed by atoms with Crippen LogP contribution < -0.4 is 11.1 Å². The number of hydrogen-bond donors (Lipinski definition) is 3. The van der Waals surface area contributed by atoms with Crippen molar-refractivity contribution < 1.29 is 9.90 Å². The summed E-state index contributed by atoms with van der Waals surface area (Å²) in [6, 6.07) is 9.18. The number of rotatable bonds is 6. The van der Waals surface area contributed by atoms with Crippen molar-refractivity contribution in [3.63, 3.8) is 0 Å². The molecule has 1 aliphatic heterocycles. The van der Waals surface area contributed by atoms with Crippen LogP contribution in [0.4, 0.5) is 5.82 Å². The van der Waals surface area contributed by atoms with Crippen molar-refractivity contribution in [1.82, 2.24) is 20.2 Å². The number of anilines is 1. The lowest BCUT2D eigenvalue weighted by atomic mass is 10.0. The minimum atomic E-state index is -0.101. The second-order valence-corrected chi connectivity index (χ2v) is 6.53. The first-order chi connectivity index (χ1) is 12.7. The van der Waals surface area contributed by atoms with Crippen LogP contribution in [0.3, 0.4) is 0 Å². The average molecular weight is 355 g/mol. The predicted octanol–water partition coefficient (Wildman–Crippen LogP) is 1.30. The zero-order valence-corrected chi connectivity index (χ0v) is 14.8. The lowest BCUT2D eigenvalue weighted by Gasteiger charge is -2.34. The molecule has 1 fully saturated rings. The van der Waals surface area contributed by atoms with Gasteiger partial charge in [0.1, 0.15) is 12.1 Å². The SMILES string of the molecule is Nc1cc(-c2ccc(C(=O)NCCN3CCCCC3CO)cc2)ncn1. The van der Waals surface area contributed by atoms with Crippen molar-refractivity contribution >= 4 is 11.7 Å². The van der Waals surface area contributed by atoms with Gasteiger partial charge in [0.25, 0.3) is 5.91 Å². The van der Waals surface area contributed by atoms with Gasteiger partial charge in [0, 0.05) is 36.3 Å². The van der Waals surface area contributed by atoms with E-state index in [4.69, 9.17) is 5.73 Å². The Morgan fingerprint density at radius 2 is 2.08 bits per heavy atom. The van der Waals surface area contributed by atoms with Gasteiger partial charge in [-0.15, -0.1) is 0 Å². The smallest absolute Gasteiger partial charge is 0.251 e. The van der Waals surface area contributed by atoms with Crippen molar-refractivity contribution in [1.29, 1.82) is 0 Å². The minimum absolute atomic E-state index is 0.101. The summed E-state index contributed by atoms with van der Waals surface area (Å²) in [6.45, 7) is 2.50. The number of aliphatic hydroxyl groups is 1. The quantitative estimate of drug-likeness (QED) is 0.721. The van der Waals surface area contributed by atoms with Gasteiger partial charge >= 0.3 is 0 Å². The Hall–Kier alpha value is -2.51. The van der Waals surface area contributed by atoms with Gasteiger partial charge in [-0.3, -0.25) is 9.69 Å². The van der Waals surface area contributed by atoms with E-state index >= 15 is 0 Å². The standard InChI is InChI=1S/C19H25N5O2/c20-18-11-17(22-13-23-18)14-4-6-15(7-5-14)19(26)21-8-10-24-9-2-1-3-16(24)12-25/h4-7,11,13,16,25H,1-3,8-10,12H2,(H,21,26)(H2,20,22,23). The van der Waals surface area contributed by atoms with Crippen LogP contribution in [0.15, 0.2) is 36.7 Å². The molecule has 7 heteroatoms. The van der Waals surface area contributed by atoms with E-state index in [1.165, 1.54) is 12.7 Å². The zero-order valence-electron chi connectivity index (χ0n) is 14.8. The first-order valence-electron chi connectivity index (χ1n) is 8.98. The summed E-state index contributed by atoms with van der Waals surface area (Å²) in [5.74, 6) is 0.312. The Labute approximate surface area is 153 Å². The van der Waals surface area contributed by atoms with Gasteiger partial charge in [0.2, 0.25) is 0 Å². The van der Waals surface area contributed by atoms with Crippen LogP contribution in [-0.4, -0.2) is 58.2 Å². The first kappa shape index (κ1) is 18.3. The monoisotopic (exact) mass is 355 g/mol. The molecule has 26 heavy (non-hydrogen) atoms. The summed E-state index contributed by atoms with van der Waals surface area (Å²) in [5.41, 5.74) is 7.89. The summed E-state index contributed by atoms with van der Waals surface area (Å²) in [4.78, 5) is 22.6. The zero-order chi connectivity index (χ0) is 18.4. The van der Waals surface area contributed by atoms with Crippen molar-refractivity contribution in [2.75, 3.05) is 32.0 Å². The third-order valence-electron chi connectivity index (χ3n) is 4.78. The first-order valence-corrected chi connectivity index (χ1v) is 8.98. The molecule has 1 aliphatic rings. The van der Waals surface area contributed by atoms with Crippen LogP contribution in [0.5, 0.6) is 0 Å². The molecular weight excluding hydrogens is 330 g/mol. The highest BCUT2D eigenvalue weighted by Crippen LogP contribution is 2.18. The Morgan fingerprint density at radius 1 is 1.27 bits per heavy atom. The number of nitrogen functional groups attached to an aromatic ring is 1. The van der Waals surface area contributed by atoms with E-state index in [1.54, 1.807) is 18.2 Å². The fourth-order valence-electron chi connectivity index (χ4n) is 3.30. The number of hydrogen-bond acceptors (Lipinski definition) is 6. The van der Waals surface area contributed by atoms with Gasteiger partial charge in [-0.25, -0.2) is 9.97 Å². The van der Waals surface area contributed by atoms with E-state index < -0.39 is 0 Å². The molecule has 3 rings (SSSR count). The lowest BCUT2D eigenvalue weighted by Crippen LogP contribution is -2.45. The van der Waals surface area contributed by atoms with Crippen molar-refractivity contribution in [3.05, 3.63) is 42.2 Å². The molecular formula is C19H25N5O2. The van der Waals surface area contributed by atoms with Crippen LogP contribution in [0, 0.1) is 0 Å². The number of piperidine rings is 1. The second-order valence-electron chi connectivity index (χ2n) is 6.53. The number of amides is 1. The molecule has 138 valence electrons. The molecule has 1 atom stereocenters. The van der Waals surface area contributed by atoms with E-state index in [2.05, 4.69) is 20.2 Å². The minimum Gasteiger partial charge on any atom is -0.395 e. The molecule has 0 spiro atoms. The third kappa shape index (κ3) is 4.56. The molecule has 2 heterocycles. The molecule has 2 aromatic rings. The molecule has 1 aromatic heterocycles. The maximum atomic E-state index is 12.3. The number of carbonyl (C=O) groups is 1. The van der Waals surface area contributed by atoms with Crippen molar-refractivity contribution in [3.8, 4) is 11.3 Å². The average Bonchev–Trinajstić information content (AvgIpc) is 2.68. The second kappa shape index (κ2) is 8.73. The third-order valence-corrected chi connectivity index (χ3v) is 4.78. The summed E-state index contributed by atoms with van der Waals surface area (Å²) in [6.07, 6.45) is 4.77. The molecule has 1 saturated heterocycles. The number of carbonyl (C=O) groups excluding carboxylic acids is 1. The van der Waals surface area contributed by atoms with E-state index in [9.17, 15) is 9.90 Å². The predicted molar refractivity (Wildman–Crippen MR) is 101 cm³/mol. The van der Waals surface area contributed by atoms with Gasteiger partial charge < -0.3 is 16.2 Å². The fourth-order valence-corrected chi connectivity index (χ4v) is 3.30. The number of aromatic nitrogens is 2. The van der Waals surface area contributed by atoms with E-state index in [1.807, 2.05) is 12.1 Å². The maximum Gasteiger partial charge on any atom is 0.251 e. The highest BCUT2D eigenvalue weighted by molar-refractivity contribution is 5.94. The fraction of sp³-hybridized carbons (Fsp3) is 0.421.